The molecule has 220 valence electrons. The van der Waals surface area contributed by atoms with Gasteiger partial charge >= 0.3 is 11.9 Å². The number of benzene rings is 1. The summed E-state index contributed by atoms with van der Waals surface area (Å²) >= 11 is 0. The van der Waals surface area contributed by atoms with Crippen molar-refractivity contribution in [2.45, 2.75) is 94.5 Å². The Hall–Kier alpha value is -2.82. The van der Waals surface area contributed by atoms with Crippen LogP contribution in [0.25, 0.3) is 0 Å². The van der Waals surface area contributed by atoms with Crippen molar-refractivity contribution in [1.29, 1.82) is 0 Å². The van der Waals surface area contributed by atoms with Crippen molar-refractivity contribution in [2.24, 2.45) is 0 Å². The Bertz CT molecular complexity index is 1170. The van der Waals surface area contributed by atoms with E-state index < -0.39 is 41.2 Å². The van der Waals surface area contributed by atoms with Gasteiger partial charge in [0.25, 0.3) is 0 Å². The van der Waals surface area contributed by atoms with Crippen LogP contribution in [0.15, 0.2) is 24.0 Å². The van der Waals surface area contributed by atoms with E-state index in [9.17, 15) is 19.8 Å². The van der Waals surface area contributed by atoms with Crippen LogP contribution in [0.5, 0.6) is 11.5 Å². The fourth-order valence-corrected chi connectivity index (χ4v) is 6.85. The van der Waals surface area contributed by atoms with Gasteiger partial charge in [-0.25, -0.2) is 4.79 Å². The number of carbonyl (C=O) groups is 2. The first-order valence-corrected chi connectivity index (χ1v) is 14.3. The SMILES string of the molecule is CCOC(=O)CC(O)(CCCC(C)(C)O)C(=O)OC1C(OC)=CC23CCCN2CCc2cc4c(cc2[C@H]13)OCO4. The molecule has 2 N–H and O–H groups in total. The maximum Gasteiger partial charge on any atom is 0.339 e. The number of rotatable bonds is 10. The quantitative estimate of drug-likeness (QED) is 0.414. The Morgan fingerprint density at radius 3 is 2.60 bits per heavy atom. The maximum absolute atomic E-state index is 13.8. The lowest BCUT2D eigenvalue weighted by Crippen LogP contribution is -2.49. The summed E-state index contributed by atoms with van der Waals surface area (Å²) < 4.78 is 28.5. The predicted octanol–water partition coefficient (Wildman–Crippen LogP) is 2.97. The molecule has 1 aromatic rings. The molecule has 0 amide bonds. The molecule has 3 aliphatic heterocycles. The molecule has 0 bridgehead atoms. The van der Waals surface area contributed by atoms with Crippen LogP contribution in [-0.2, 0) is 30.2 Å². The Labute approximate surface area is 235 Å². The Morgan fingerprint density at radius 2 is 1.90 bits per heavy atom. The number of hydrogen-bond acceptors (Lipinski definition) is 10. The van der Waals surface area contributed by atoms with Gasteiger partial charge in [-0.2, -0.15) is 0 Å². The molecule has 0 aromatic heterocycles. The zero-order valence-corrected chi connectivity index (χ0v) is 23.9. The molecule has 5 rings (SSSR count). The summed E-state index contributed by atoms with van der Waals surface area (Å²) in [6.45, 7) is 7.01. The Morgan fingerprint density at radius 1 is 1.15 bits per heavy atom. The third-order valence-corrected chi connectivity index (χ3v) is 8.70. The minimum Gasteiger partial charge on any atom is -0.497 e. The van der Waals surface area contributed by atoms with E-state index in [-0.39, 0.29) is 25.7 Å². The van der Waals surface area contributed by atoms with Crippen molar-refractivity contribution in [3.05, 3.63) is 35.1 Å². The summed E-state index contributed by atoms with van der Waals surface area (Å²) in [5, 5.41) is 21.8. The van der Waals surface area contributed by atoms with Crippen LogP contribution in [0.3, 0.4) is 0 Å². The monoisotopic (exact) mass is 559 g/mol. The van der Waals surface area contributed by atoms with Gasteiger partial charge in [-0.1, -0.05) is 0 Å². The van der Waals surface area contributed by atoms with Gasteiger partial charge < -0.3 is 33.9 Å². The minimum absolute atomic E-state index is 0.0649. The molecule has 10 heteroatoms. The number of esters is 2. The van der Waals surface area contributed by atoms with Gasteiger partial charge in [-0.3, -0.25) is 9.69 Å². The van der Waals surface area contributed by atoms with Gasteiger partial charge in [-0.15, -0.1) is 0 Å². The van der Waals surface area contributed by atoms with Crippen molar-refractivity contribution < 1.29 is 43.5 Å². The van der Waals surface area contributed by atoms with E-state index in [1.165, 1.54) is 0 Å². The second-order valence-electron chi connectivity index (χ2n) is 12.0. The van der Waals surface area contributed by atoms with Gasteiger partial charge in [0.15, 0.2) is 23.2 Å². The number of methoxy groups -OCH3 is 1. The van der Waals surface area contributed by atoms with Crippen molar-refractivity contribution >= 4 is 11.9 Å². The van der Waals surface area contributed by atoms with Crippen LogP contribution in [-0.4, -0.2) is 83.5 Å². The molecule has 40 heavy (non-hydrogen) atoms. The highest BCUT2D eigenvalue weighted by atomic mass is 16.7. The predicted molar refractivity (Wildman–Crippen MR) is 144 cm³/mol. The normalized spacial score (nSPS) is 26.6. The van der Waals surface area contributed by atoms with E-state index in [1.807, 2.05) is 12.1 Å². The maximum atomic E-state index is 13.8. The lowest BCUT2D eigenvalue weighted by atomic mass is 9.77. The smallest absolute Gasteiger partial charge is 0.339 e. The number of hydrogen-bond donors (Lipinski definition) is 2. The molecule has 1 saturated heterocycles. The third kappa shape index (κ3) is 5.29. The number of carbonyl (C=O) groups excluding carboxylic acids is 2. The molecular weight excluding hydrogens is 518 g/mol. The van der Waals surface area contributed by atoms with E-state index in [1.54, 1.807) is 27.9 Å². The first kappa shape index (κ1) is 28.7. The Kier molecular flexibility index (Phi) is 7.80. The molecule has 4 aliphatic rings. The summed E-state index contributed by atoms with van der Waals surface area (Å²) in [6, 6.07) is 4.01. The number of aliphatic hydroxyl groups is 2. The molecule has 3 heterocycles. The highest BCUT2D eigenvalue weighted by molar-refractivity contribution is 5.86. The van der Waals surface area contributed by atoms with E-state index in [2.05, 4.69) is 11.0 Å². The van der Waals surface area contributed by atoms with Gasteiger partial charge in [0.2, 0.25) is 6.79 Å². The molecule has 1 fully saturated rings. The summed E-state index contributed by atoms with van der Waals surface area (Å²) in [7, 11) is 1.56. The molecule has 10 nitrogen and oxygen atoms in total. The first-order valence-electron chi connectivity index (χ1n) is 14.3. The molecule has 1 aliphatic carbocycles. The average Bonchev–Trinajstić information content (AvgIpc) is 3.57. The summed E-state index contributed by atoms with van der Waals surface area (Å²) in [5.41, 5.74) is -1.42. The molecule has 0 radical (unpaired) electrons. The molecule has 1 spiro atoms. The molecule has 4 atom stereocenters. The topological polar surface area (TPSA) is 124 Å². The molecule has 0 saturated carbocycles. The lowest BCUT2D eigenvalue weighted by molar-refractivity contribution is -0.179. The van der Waals surface area contributed by atoms with Crippen LogP contribution in [0.2, 0.25) is 0 Å². The van der Waals surface area contributed by atoms with Crippen molar-refractivity contribution in [3.8, 4) is 11.5 Å². The second kappa shape index (κ2) is 10.9. The summed E-state index contributed by atoms with van der Waals surface area (Å²) in [4.78, 5) is 28.7. The zero-order valence-electron chi connectivity index (χ0n) is 23.9. The fraction of sp³-hybridized carbons (Fsp3) is 0.667. The standard InChI is InChI=1S/C30H41NO9/c1-5-37-24(32)17-30(35,11-6-9-28(2,3)34)27(33)40-26-23(36-4)16-29-10-7-12-31(29)13-8-19-14-21-22(39-18-38-21)15-20(19)25(26)29/h14-16,25-26,34-35H,5-13,17-18H2,1-4H3/t25-,26?,29?,30?/m1/s1. The van der Waals surface area contributed by atoms with Gasteiger partial charge in [0.05, 0.1) is 37.2 Å². The summed E-state index contributed by atoms with van der Waals surface area (Å²) in [5.74, 6) is -0.0176. The zero-order chi connectivity index (χ0) is 28.7. The van der Waals surface area contributed by atoms with E-state index in [0.717, 1.165) is 43.5 Å². The lowest BCUT2D eigenvalue weighted by Gasteiger charge is -2.39. The van der Waals surface area contributed by atoms with E-state index in [4.69, 9.17) is 23.7 Å². The van der Waals surface area contributed by atoms with Crippen LogP contribution in [0, 0.1) is 0 Å². The molecule has 1 aromatic carbocycles. The van der Waals surface area contributed by atoms with E-state index in [0.29, 0.717) is 30.1 Å². The highest BCUT2D eigenvalue weighted by Gasteiger charge is 2.59. The van der Waals surface area contributed by atoms with Crippen LogP contribution in [0.4, 0.5) is 0 Å². The summed E-state index contributed by atoms with van der Waals surface area (Å²) in [6.07, 6.45) is 3.97. The average molecular weight is 560 g/mol. The third-order valence-electron chi connectivity index (χ3n) is 8.70. The van der Waals surface area contributed by atoms with Crippen LogP contribution < -0.4 is 9.47 Å². The first-order chi connectivity index (χ1) is 19.0. The van der Waals surface area contributed by atoms with Crippen LogP contribution >= 0.6 is 0 Å². The van der Waals surface area contributed by atoms with Gasteiger partial charge in [0.1, 0.15) is 5.76 Å². The molecular formula is C30H41NO9. The fourth-order valence-electron chi connectivity index (χ4n) is 6.85. The number of ether oxygens (including phenoxy) is 5. The minimum atomic E-state index is -2.12. The van der Waals surface area contributed by atoms with Gasteiger partial charge in [-0.05, 0) is 95.2 Å². The van der Waals surface area contributed by atoms with Gasteiger partial charge in [0, 0.05) is 6.54 Å². The second-order valence-corrected chi connectivity index (χ2v) is 12.0. The van der Waals surface area contributed by atoms with Crippen LogP contribution in [0.1, 0.15) is 76.3 Å². The molecule has 3 unspecified atom stereocenters. The van der Waals surface area contributed by atoms with E-state index >= 15 is 0 Å². The number of fused-ring (bicyclic) bond motifs is 3. The van der Waals surface area contributed by atoms with Crippen molar-refractivity contribution in [2.75, 3.05) is 33.6 Å². The van der Waals surface area contributed by atoms with Crippen molar-refractivity contribution in [1.82, 2.24) is 4.90 Å². The number of nitrogens with zero attached hydrogens (tertiary/aromatic N) is 1. The Balaban J connectivity index is 1.49. The highest BCUT2D eigenvalue weighted by Crippen LogP contribution is 2.55. The van der Waals surface area contributed by atoms with Crippen molar-refractivity contribution in [3.63, 3.8) is 0 Å². The largest absolute Gasteiger partial charge is 0.497 e.